The summed E-state index contributed by atoms with van der Waals surface area (Å²) < 4.78 is 26.6. The number of aromatic nitrogens is 2. The van der Waals surface area contributed by atoms with Gasteiger partial charge in [0, 0.05) is 19.2 Å². The summed E-state index contributed by atoms with van der Waals surface area (Å²) in [7, 11) is 0. The van der Waals surface area contributed by atoms with E-state index in [1.165, 1.54) is 18.5 Å². The largest absolute Gasteiger partial charge is 0.393 e. The predicted molar refractivity (Wildman–Crippen MR) is 77.5 cm³/mol. The number of benzene rings is 1. The second-order valence-corrected chi connectivity index (χ2v) is 4.90. The molecule has 0 atom stereocenters. The molecule has 3 N–H and O–H groups in total. The predicted octanol–water partition coefficient (Wildman–Crippen LogP) is 2.68. The highest BCUT2D eigenvalue weighted by Crippen LogP contribution is 2.31. The molecule has 1 aromatic carbocycles. The lowest BCUT2D eigenvalue weighted by Gasteiger charge is -2.19. The molecule has 1 aliphatic heterocycles. The van der Waals surface area contributed by atoms with Crippen LogP contribution in [0.15, 0.2) is 24.5 Å². The highest BCUT2D eigenvalue weighted by atomic mass is 19.1. The minimum atomic E-state index is -0.698. The Morgan fingerprint density at radius 2 is 1.90 bits per heavy atom. The maximum atomic E-state index is 13.7. The summed E-state index contributed by atoms with van der Waals surface area (Å²) in [6.07, 6.45) is 3.57. The molecule has 1 aromatic heterocycles. The summed E-state index contributed by atoms with van der Waals surface area (Å²) in [5.74, 6) is -0.368. The average Bonchev–Trinajstić information content (AvgIpc) is 2.98. The van der Waals surface area contributed by atoms with Crippen LogP contribution in [0.2, 0.25) is 0 Å². The van der Waals surface area contributed by atoms with Gasteiger partial charge < -0.3 is 16.0 Å². The van der Waals surface area contributed by atoms with E-state index in [0.29, 0.717) is 17.3 Å². The molecular formula is C14H15F2N5. The molecular weight excluding hydrogens is 276 g/mol. The molecule has 0 radical (unpaired) electrons. The van der Waals surface area contributed by atoms with Crippen molar-refractivity contribution in [2.75, 3.05) is 29.0 Å². The third-order valence-corrected chi connectivity index (χ3v) is 3.45. The molecule has 0 unspecified atom stereocenters. The van der Waals surface area contributed by atoms with Gasteiger partial charge in [-0.3, -0.25) is 0 Å². The van der Waals surface area contributed by atoms with Crippen molar-refractivity contribution in [2.45, 2.75) is 12.8 Å². The van der Waals surface area contributed by atoms with Crippen LogP contribution in [0.25, 0.3) is 0 Å². The fraction of sp³-hybridized carbons (Fsp3) is 0.286. The first kappa shape index (κ1) is 13.5. The van der Waals surface area contributed by atoms with Crippen LogP contribution in [0.1, 0.15) is 12.8 Å². The molecule has 0 bridgehead atoms. The van der Waals surface area contributed by atoms with Crippen LogP contribution < -0.4 is 16.0 Å². The van der Waals surface area contributed by atoms with E-state index in [4.69, 9.17) is 5.73 Å². The number of hydrogen-bond acceptors (Lipinski definition) is 5. The first-order chi connectivity index (χ1) is 10.1. The zero-order valence-electron chi connectivity index (χ0n) is 11.3. The zero-order chi connectivity index (χ0) is 14.8. The smallest absolute Gasteiger partial charge is 0.159 e. The summed E-state index contributed by atoms with van der Waals surface area (Å²) in [5, 5.41) is 2.79. The van der Waals surface area contributed by atoms with Gasteiger partial charge in [0.1, 0.15) is 23.6 Å². The minimum Gasteiger partial charge on any atom is -0.393 e. The van der Waals surface area contributed by atoms with Crippen molar-refractivity contribution in [1.29, 1.82) is 0 Å². The second kappa shape index (κ2) is 5.51. The van der Waals surface area contributed by atoms with Crippen molar-refractivity contribution in [2.24, 2.45) is 0 Å². The van der Waals surface area contributed by atoms with Crippen LogP contribution in [0, 0.1) is 11.6 Å². The zero-order valence-corrected chi connectivity index (χ0v) is 11.3. The van der Waals surface area contributed by atoms with E-state index >= 15 is 0 Å². The lowest BCUT2D eigenvalue weighted by molar-refractivity contribution is 0.586. The minimum absolute atomic E-state index is 0.120. The Labute approximate surface area is 120 Å². The maximum absolute atomic E-state index is 13.7. The van der Waals surface area contributed by atoms with Crippen molar-refractivity contribution in [1.82, 2.24) is 9.97 Å². The lowest BCUT2D eigenvalue weighted by atomic mass is 10.3. The van der Waals surface area contributed by atoms with E-state index in [1.54, 1.807) is 0 Å². The molecule has 2 heterocycles. The van der Waals surface area contributed by atoms with E-state index in [-0.39, 0.29) is 5.69 Å². The van der Waals surface area contributed by atoms with E-state index in [9.17, 15) is 8.78 Å². The first-order valence-corrected chi connectivity index (χ1v) is 6.72. The standard InChI is InChI=1S/C14H15F2N5/c15-9-3-4-11(10(16)7-9)20-13-12(17)14(19-8-18-13)21-5-1-2-6-21/h3-4,7-8H,1-2,5-6,17H2,(H,18,19,20). The molecule has 5 nitrogen and oxygen atoms in total. The van der Waals surface area contributed by atoms with Gasteiger partial charge in [0.25, 0.3) is 0 Å². The monoisotopic (exact) mass is 291 g/mol. The fourth-order valence-electron chi connectivity index (χ4n) is 2.39. The van der Waals surface area contributed by atoms with Gasteiger partial charge in [0.05, 0.1) is 5.69 Å². The number of rotatable bonds is 3. The van der Waals surface area contributed by atoms with Crippen LogP contribution in [0.5, 0.6) is 0 Å². The Balaban J connectivity index is 1.90. The Hall–Kier alpha value is -2.44. The summed E-state index contributed by atoms with van der Waals surface area (Å²) in [6.45, 7) is 1.79. The van der Waals surface area contributed by atoms with Gasteiger partial charge >= 0.3 is 0 Å². The number of nitrogens with two attached hydrogens (primary N) is 1. The molecule has 0 saturated carbocycles. The molecule has 110 valence electrons. The van der Waals surface area contributed by atoms with Gasteiger partial charge in [-0.1, -0.05) is 0 Å². The number of nitrogen functional groups attached to an aromatic ring is 1. The molecule has 0 aliphatic carbocycles. The molecule has 1 fully saturated rings. The van der Waals surface area contributed by atoms with Crippen LogP contribution in [-0.4, -0.2) is 23.1 Å². The quantitative estimate of drug-likeness (QED) is 0.910. The molecule has 0 spiro atoms. The molecule has 1 saturated heterocycles. The van der Waals surface area contributed by atoms with Crippen molar-refractivity contribution in [3.63, 3.8) is 0 Å². The Morgan fingerprint density at radius 1 is 1.14 bits per heavy atom. The molecule has 2 aromatic rings. The number of nitrogens with zero attached hydrogens (tertiary/aromatic N) is 3. The normalized spacial score (nSPS) is 14.5. The summed E-state index contributed by atoms with van der Waals surface area (Å²) in [5.41, 5.74) is 6.55. The number of halogens is 2. The van der Waals surface area contributed by atoms with Gasteiger partial charge in [0.2, 0.25) is 0 Å². The van der Waals surface area contributed by atoms with Crippen LogP contribution >= 0.6 is 0 Å². The van der Waals surface area contributed by atoms with Crippen molar-refractivity contribution < 1.29 is 8.78 Å². The first-order valence-electron chi connectivity index (χ1n) is 6.72. The highest BCUT2D eigenvalue weighted by molar-refractivity contribution is 5.78. The molecule has 1 aliphatic rings. The van der Waals surface area contributed by atoms with E-state index in [2.05, 4.69) is 20.2 Å². The van der Waals surface area contributed by atoms with Crippen LogP contribution in [0.4, 0.5) is 31.8 Å². The van der Waals surface area contributed by atoms with Crippen LogP contribution in [-0.2, 0) is 0 Å². The summed E-state index contributed by atoms with van der Waals surface area (Å²) in [6, 6.07) is 3.28. The average molecular weight is 291 g/mol. The molecule has 21 heavy (non-hydrogen) atoms. The van der Waals surface area contributed by atoms with Gasteiger partial charge in [-0.25, -0.2) is 18.7 Å². The third-order valence-electron chi connectivity index (χ3n) is 3.45. The number of anilines is 4. The van der Waals surface area contributed by atoms with Crippen molar-refractivity contribution in [3.8, 4) is 0 Å². The topological polar surface area (TPSA) is 67.1 Å². The van der Waals surface area contributed by atoms with Gasteiger partial charge in [-0.05, 0) is 25.0 Å². The molecule has 3 rings (SSSR count). The van der Waals surface area contributed by atoms with E-state index in [0.717, 1.165) is 32.0 Å². The van der Waals surface area contributed by atoms with Gasteiger partial charge in [-0.15, -0.1) is 0 Å². The van der Waals surface area contributed by atoms with Crippen molar-refractivity contribution in [3.05, 3.63) is 36.2 Å². The second-order valence-electron chi connectivity index (χ2n) is 4.90. The highest BCUT2D eigenvalue weighted by Gasteiger charge is 2.19. The molecule has 0 amide bonds. The Kier molecular flexibility index (Phi) is 3.55. The fourth-order valence-corrected chi connectivity index (χ4v) is 2.39. The number of nitrogens with one attached hydrogen (secondary N) is 1. The van der Waals surface area contributed by atoms with E-state index in [1.807, 2.05) is 0 Å². The Morgan fingerprint density at radius 3 is 2.62 bits per heavy atom. The van der Waals surface area contributed by atoms with E-state index < -0.39 is 11.6 Å². The van der Waals surface area contributed by atoms with Gasteiger partial charge in [0.15, 0.2) is 11.6 Å². The van der Waals surface area contributed by atoms with Crippen LogP contribution in [0.3, 0.4) is 0 Å². The summed E-state index contributed by atoms with van der Waals surface area (Å²) in [4.78, 5) is 10.3. The molecule has 7 heteroatoms. The Bertz CT molecular complexity index is 656. The lowest BCUT2D eigenvalue weighted by Crippen LogP contribution is -2.21. The van der Waals surface area contributed by atoms with Gasteiger partial charge in [-0.2, -0.15) is 0 Å². The maximum Gasteiger partial charge on any atom is 0.159 e. The number of hydrogen-bond donors (Lipinski definition) is 2. The van der Waals surface area contributed by atoms with Crippen molar-refractivity contribution >= 4 is 23.0 Å². The SMILES string of the molecule is Nc1c(Nc2ccc(F)cc2F)ncnc1N1CCCC1. The summed E-state index contributed by atoms with van der Waals surface area (Å²) >= 11 is 0. The third kappa shape index (κ3) is 2.72.